The second kappa shape index (κ2) is 11.0. The SMILES string of the molecule is CC(OCCOc1ccc(C2CCCCC2)cc1)OC(=O)C(C)(CC(C)(C)C)C(C)(C)C. The van der Waals surface area contributed by atoms with E-state index in [-0.39, 0.29) is 16.8 Å². The fourth-order valence-electron chi connectivity index (χ4n) is 4.66. The van der Waals surface area contributed by atoms with Gasteiger partial charge in [-0.25, -0.2) is 0 Å². The standard InChI is InChI=1S/C28H46O4/c1-21(32-25(29)28(8,27(5,6)7)20-26(2,3)4)30-18-19-31-24-16-14-23(15-17-24)22-12-10-9-11-13-22/h14-17,21-22H,9-13,18-20H2,1-8H3. The average Bonchev–Trinajstić information content (AvgIpc) is 2.70. The Morgan fingerprint density at radius 1 is 0.938 bits per heavy atom. The summed E-state index contributed by atoms with van der Waals surface area (Å²) < 4.78 is 17.3. The van der Waals surface area contributed by atoms with E-state index in [4.69, 9.17) is 14.2 Å². The summed E-state index contributed by atoms with van der Waals surface area (Å²) in [4.78, 5) is 13.1. The first-order chi connectivity index (χ1) is 14.8. The minimum absolute atomic E-state index is 0.0194. The van der Waals surface area contributed by atoms with Crippen LogP contribution >= 0.6 is 0 Å². The summed E-state index contributed by atoms with van der Waals surface area (Å²) in [6, 6.07) is 8.49. The molecule has 32 heavy (non-hydrogen) atoms. The molecular formula is C28H46O4. The van der Waals surface area contributed by atoms with Crippen molar-refractivity contribution in [3.63, 3.8) is 0 Å². The Hall–Kier alpha value is -1.55. The van der Waals surface area contributed by atoms with Gasteiger partial charge in [0.05, 0.1) is 12.0 Å². The molecule has 2 rings (SSSR count). The van der Waals surface area contributed by atoms with E-state index in [0.29, 0.717) is 19.1 Å². The van der Waals surface area contributed by atoms with E-state index in [1.807, 2.05) is 6.92 Å². The molecule has 0 spiro atoms. The van der Waals surface area contributed by atoms with Gasteiger partial charge in [-0.1, -0.05) is 72.9 Å². The number of carbonyl (C=O) groups is 1. The van der Waals surface area contributed by atoms with Crippen LogP contribution in [-0.2, 0) is 14.3 Å². The predicted molar refractivity (Wildman–Crippen MR) is 131 cm³/mol. The number of ether oxygens (including phenoxy) is 3. The third kappa shape index (κ3) is 7.79. The summed E-state index contributed by atoms with van der Waals surface area (Å²) >= 11 is 0. The number of hydrogen-bond acceptors (Lipinski definition) is 4. The van der Waals surface area contributed by atoms with Crippen LogP contribution in [0.4, 0.5) is 0 Å². The Bertz CT molecular complexity index is 704. The summed E-state index contributed by atoms with van der Waals surface area (Å²) in [7, 11) is 0. The third-order valence-electron chi connectivity index (χ3n) is 6.92. The van der Waals surface area contributed by atoms with Crippen LogP contribution in [0.1, 0.15) is 105 Å². The van der Waals surface area contributed by atoms with E-state index in [0.717, 1.165) is 12.2 Å². The van der Waals surface area contributed by atoms with E-state index in [9.17, 15) is 4.79 Å². The molecule has 1 aliphatic rings. The van der Waals surface area contributed by atoms with E-state index in [1.165, 1.54) is 37.7 Å². The van der Waals surface area contributed by atoms with Crippen LogP contribution in [0.2, 0.25) is 0 Å². The molecule has 1 aliphatic carbocycles. The molecule has 0 bridgehead atoms. The molecule has 0 heterocycles. The van der Waals surface area contributed by atoms with Gasteiger partial charge in [-0.15, -0.1) is 0 Å². The van der Waals surface area contributed by atoms with Crippen LogP contribution in [0, 0.1) is 16.2 Å². The first-order valence-electron chi connectivity index (χ1n) is 12.4. The summed E-state index contributed by atoms with van der Waals surface area (Å²) in [5, 5.41) is 0. The molecule has 1 aromatic rings. The zero-order chi connectivity index (χ0) is 24.0. The Morgan fingerprint density at radius 3 is 2.06 bits per heavy atom. The van der Waals surface area contributed by atoms with Crippen molar-refractivity contribution in [2.75, 3.05) is 13.2 Å². The van der Waals surface area contributed by atoms with Gasteiger partial charge in [0.2, 0.25) is 0 Å². The molecular weight excluding hydrogens is 400 g/mol. The predicted octanol–water partition coefficient (Wildman–Crippen LogP) is 7.51. The van der Waals surface area contributed by atoms with Crippen LogP contribution in [0.5, 0.6) is 5.75 Å². The normalized spacial score (nSPS) is 18.6. The van der Waals surface area contributed by atoms with Crippen molar-refractivity contribution in [3.8, 4) is 5.75 Å². The lowest BCUT2D eigenvalue weighted by Crippen LogP contribution is -2.45. The lowest BCUT2D eigenvalue weighted by molar-refractivity contribution is -0.195. The molecule has 0 radical (unpaired) electrons. The number of rotatable bonds is 9. The van der Waals surface area contributed by atoms with Gasteiger partial charge in [-0.3, -0.25) is 4.79 Å². The molecule has 2 atom stereocenters. The van der Waals surface area contributed by atoms with Crippen LogP contribution in [0.25, 0.3) is 0 Å². The molecule has 1 saturated carbocycles. The fourth-order valence-corrected chi connectivity index (χ4v) is 4.66. The minimum Gasteiger partial charge on any atom is -0.491 e. The number of benzene rings is 1. The molecule has 182 valence electrons. The zero-order valence-electron chi connectivity index (χ0n) is 21.8. The van der Waals surface area contributed by atoms with E-state index in [2.05, 4.69) is 65.8 Å². The molecule has 0 aliphatic heterocycles. The first kappa shape index (κ1) is 26.7. The van der Waals surface area contributed by atoms with Gasteiger partial charge in [0.1, 0.15) is 12.4 Å². The van der Waals surface area contributed by atoms with Gasteiger partial charge < -0.3 is 14.2 Å². The Morgan fingerprint density at radius 2 is 1.53 bits per heavy atom. The van der Waals surface area contributed by atoms with Crippen molar-refractivity contribution in [2.24, 2.45) is 16.2 Å². The van der Waals surface area contributed by atoms with Crippen LogP contribution in [0.3, 0.4) is 0 Å². The van der Waals surface area contributed by atoms with E-state index in [1.54, 1.807) is 6.92 Å². The summed E-state index contributed by atoms with van der Waals surface area (Å²) in [5.74, 6) is 1.35. The van der Waals surface area contributed by atoms with Crippen LogP contribution < -0.4 is 4.74 Å². The lowest BCUT2D eigenvalue weighted by Gasteiger charge is -2.43. The molecule has 0 saturated heterocycles. The molecule has 1 fully saturated rings. The monoisotopic (exact) mass is 446 g/mol. The lowest BCUT2D eigenvalue weighted by atomic mass is 9.61. The van der Waals surface area contributed by atoms with Gasteiger partial charge in [0, 0.05) is 0 Å². The number of esters is 1. The largest absolute Gasteiger partial charge is 0.491 e. The van der Waals surface area contributed by atoms with Crippen molar-refractivity contribution in [1.29, 1.82) is 0 Å². The van der Waals surface area contributed by atoms with Crippen LogP contribution in [-0.4, -0.2) is 25.5 Å². The summed E-state index contributed by atoms with van der Waals surface area (Å²) in [5.41, 5.74) is 0.626. The first-order valence-corrected chi connectivity index (χ1v) is 12.4. The molecule has 4 nitrogen and oxygen atoms in total. The zero-order valence-corrected chi connectivity index (χ0v) is 21.8. The van der Waals surface area contributed by atoms with Crippen molar-refractivity contribution in [1.82, 2.24) is 0 Å². The van der Waals surface area contributed by atoms with Crippen molar-refractivity contribution >= 4 is 5.97 Å². The van der Waals surface area contributed by atoms with Gasteiger partial charge in [-0.05, 0) is 67.6 Å². The minimum atomic E-state index is -0.610. The molecule has 4 heteroatoms. The second-order valence-corrected chi connectivity index (χ2v) is 11.9. The average molecular weight is 447 g/mol. The quantitative estimate of drug-likeness (QED) is 0.224. The Kier molecular flexibility index (Phi) is 9.22. The van der Waals surface area contributed by atoms with Gasteiger partial charge in [-0.2, -0.15) is 0 Å². The topological polar surface area (TPSA) is 44.8 Å². The highest BCUT2D eigenvalue weighted by molar-refractivity contribution is 5.77. The highest BCUT2D eigenvalue weighted by atomic mass is 16.7. The van der Waals surface area contributed by atoms with Gasteiger partial charge in [0.25, 0.3) is 0 Å². The number of hydrogen-bond donors (Lipinski definition) is 0. The maximum atomic E-state index is 13.1. The van der Waals surface area contributed by atoms with E-state index < -0.39 is 11.7 Å². The highest BCUT2D eigenvalue weighted by Crippen LogP contribution is 2.47. The Labute approximate surface area is 196 Å². The van der Waals surface area contributed by atoms with Crippen molar-refractivity contribution in [2.45, 2.75) is 106 Å². The summed E-state index contributed by atoms with van der Waals surface area (Å²) in [6.07, 6.45) is 6.79. The number of carbonyl (C=O) groups excluding carboxylic acids is 1. The van der Waals surface area contributed by atoms with E-state index >= 15 is 0 Å². The molecule has 1 aromatic carbocycles. The van der Waals surface area contributed by atoms with Gasteiger partial charge in [0.15, 0.2) is 6.29 Å². The molecule has 0 amide bonds. The Balaban J connectivity index is 1.78. The van der Waals surface area contributed by atoms with Crippen molar-refractivity contribution < 1.29 is 19.0 Å². The smallest absolute Gasteiger partial charge is 0.314 e. The fraction of sp³-hybridized carbons (Fsp3) is 0.750. The highest BCUT2D eigenvalue weighted by Gasteiger charge is 2.48. The molecule has 2 unspecified atom stereocenters. The second-order valence-electron chi connectivity index (χ2n) is 11.9. The maximum Gasteiger partial charge on any atom is 0.314 e. The van der Waals surface area contributed by atoms with Crippen LogP contribution in [0.15, 0.2) is 24.3 Å². The molecule has 0 aromatic heterocycles. The summed E-state index contributed by atoms with van der Waals surface area (Å²) in [6.45, 7) is 17.3. The third-order valence-corrected chi connectivity index (χ3v) is 6.92. The maximum absolute atomic E-state index is 13.1. The molecule has 0 N–H and O–H groups in total. The van der Waals surface area contributed by atoms with Crippen molar-refractivity contribution in [3.05, 3.63) is 29.8 Å². The van der Waals surface area contributed by atoms with Gasteiger partial charge >= 0.3 is 5.97 Å².